The van der Waals surface area contributed by atoms with E-state index in [-0.39, 0.29) is 0 Å². The van der Waals surface area contributed by atoms with Crippen LogP contribution < -0.4 is 10.6 Å². The summed E-state index contributed by atoms with van der Waals surface area (Å²) >= 11 is 5.91. The molecule has 1 saturated carbocycles. The van der Waals surface area contributed by atoms with E-state index >= 15 is 0 Å². The van der Waals surface area contributed by atoms with Gasteiger partial charge in [-0.2, -0.15) is 0 Å². The first kappa shape index (κ1) is 18.1. The monoisotopic (exact) mass is 337 g/mol. The molecule has 0 radical (unpaired) electrons. The second-order valence-corrected chi connectivity index (χ2v) is 6.56. The Morgan fingerprint density at radius 3 is 2.57 bits per heavy atom. The van der Waals surface area contributed by atoms with Crippen LogP contribution in [-0.2, 0) is 11.3 Å². The fourth-order valence-corrected chi connectivity index (χ4v) is 2.62. The molecule has 1 fully saturated rings. The SMILES string of the molecule is CCNC(=NCc1ccc(Cl)cc1)NCC1(CCOCC)CC1. The van der Waals surface area contributed by atoms with Crippen LogP contribution in [0.5, 0.6) is 0 Å². The molecule has 0 atom stereocenters. The number of halogens is 1. The van der Waals surface area contributed by atoms with E-state index in [2.05, 4.69) is 22.5 Å². The summed E-state index contributed by atoms with van der Waals surface area (Å²) in [5, 5.41) is 7.56. The summed E-state index contributed by atoms with van der Waals surface area (Å²) in [5.74, 6) is 0.880. The number of aliphatic imine (C=N–C) groups is 1. The third kappa shape index (κ3) is 6.40. The van der Waals surface area contributed by atoms with Crippen LogP contribution in [0.4, 0.5) is 0 Å². The molecule has 1 aliphatic rings. The highest BCUT2D eigenvalue weighted by Crippen LogP contribution is 2.48. The average molecular weight is 338 g/mol. The molecule has 0 amide bonds. The molecular formula is C18H28ClN3O. The first-order valence-corrected chi connectivity index (χ1v) is 8.89. The highest BCUT2D eigenvalue weighted by Gasteiger charge is 2.41. The minimum absolute atomic E-state index is 0.408. The minimum Gasteiger partial charge on any atom is -0.382 e. The van der Waals surface area contributed by atoms with Gasteiger partial charge in [0.2, 0.25) is 0 Å². The van der Waals surface area contributed by atoms with Gasteiger partial charge in [0, 0.05) is 31.3 Å². The number of hydrogen-bond donors (Lipinski definition) is 2. The van der Waals surface area contributed by atoms with E-state index in [0.717, 1.165) is 49.3 Å². The van der Waals surface area contributed by atoms with E-state index in [0.29, 0.717) is 12.0 Å². The molecule has 1 aromatic rings. The maximum atomic E-state index is 5.91. The van der Waals surface area contributed by atoms with Crippen LogP contribution in [0.2, 0.25) is 5.02 Å². The highest BCUT2D eigenvalue weighted by molar-refractivity contribution is 6.30. The molecule has 0 spiro atoms. The van der Waals surface area contributed by atoms with Crippen molar-refractivity contribution < 1.29 is 4.74 Å². The van der Waals surface area contributed by atoms with E-state index < -0.39 is 0 Å². The van der Waals surface area contributed by atoms with Crippen molar-refractivity contribution >= 4 is 17.6 Å². The Morgan fingerprint density at radius 2 is 1.96 bits per heavy atom. The smallest absolute Gasteiger partial charge is 0.191 e. The molecule has 0 saturated heterocycles. The Morgan fingerprint density at radius 1 is 1.22 bits per heavy atom. The minimum atomic E-state index is 0.408. The van der Waals surface area contributed by atoms with E-state index in [4.69, 9.17) is 16.3 Å². The normalized spacial score (nSPS) is 16.2. The quantitative estimate of drug-likeness (QED) is 0.411. The summed E-state index contributed by atoms with van der Waals surface area (Å²) in [6.07, 6.45) is 3.69. The number of hydrogen-bond acceptors (Lipinski definition) is 2. The second-order valence-electron chi connectivity index (χ2n) is 6.12. The standard InChI is InChI=1S/C18H28ClN3O/c1-3-20-17(21-13-15-5-7-16(19)8-6-15)22-14-18(9-10-18)11-12-23-4-2/h5-8H,3-4,9-14H2,1-2H3,(H2,20,21,22). The fourth-order valence-electron chi connectivity index (χ4n) is 2.50. The number of nitrogens with one attached hydrogen (secondary N) is 2. The largest absolute Gasteiger partial charge is 0.382 e. The van der Waals surface area contributed by atoms with Crippen LogP contribution in [0.3, 0.4) is 0 Å². The lowest BCUT2D eigenvalue weighted by Crippen LogP contribution is -2.40. The molecule has 4 nitrogen and oxygen atoms in total. The predicted octanol–water partition coefficient (Wildman–Crippen LogP) is 3.60. The van der Waals surface area contributed by atoms with Crippen LogP contribution in [-0.4, -0.2) is 32.3 Å². The van der Waals surface area contributed by atoms with Gasteiger partial charge in [0.05, 0.1) is 6.54 Å². The van der Waals surface area contributed by atoms with E-state index in [9.17, 15) is 0 Å². The molecular weight excluding hydrogens is 310 g/mol. The Kier molecular flexibility index (Phi) is 7.18. The van der Waals surface area contributed by atoms with Gasteiger partial charge in [0.25, 0.3) is 0 Å². The number of guanidine groups is 1. The van der Waals surface area contributed by atoms with Crippen molar-refractivity contribution in [3.8, 4) is 0 Å². The van der Waals surface area contributed by atoms with Gasteiger partial charge in [-0.3, -0.25) is 0 Å². The van der Waals surface area contributed by atoms with Crippen molar-refractivity contribution in [2.75, 3.05) is 26.3 Å². The maximum Gasteiger partial charge on any atom is 0.191 e. The lowest BCUT2D eigenvalue weighted by molar-refractivity contribution is 0.128. The molecule has 0 bridgehead atoms. The van der Waals surface area contributed by atoms with E-state index in [1.165, 1.54) is 12.8 Å². The molecule has 1 aliphatic carbocycles. The van der Waals surface area contributed by atoms with Gasteiger partial charge < -0.3 is 15.4 Å². The molecule has 1 aromatic carbocycles. The zero-order valence-electron chi connectivity index (χ0n) is 14.2. The van der Waals surface area contributed by atoms with Crippen molar-refractivity contribution in [1.29, 1.82) is 0 Å². The Labute approximate surface area is 144 Å². The predicted molar refractivity (Wildman–Crippen MR) is 97.0 cm³/mol. The van der Waals surface area contributed by atoms with Crippen molar-refractivity contribution in [2.45, 2.75) is 39.7 Å². The summed E-state index contributed by atoms with van der Waals surface area (Å²) in [5.41, 5.74) is 1.56. The Balaban J connectivity index is 1.83. The maximum absolute atomic E-state index is 5.91. The molecule has 5 heteroatoms. The summed E-state index contributed by atoms with van der Waals surface area (Å²) in [7, 11) is 0. The Bertz CT molecular complexity index is 497. The van der Waals surface area contributed by atoms with Gasteiger partial charge >= 0.3 is 0 Å². The van der Waals surface area contributed by atoms with Crippen molar-refractivity contribution in [2.24, 2.45) is 10.4 Å². The Hall–Kier alpha value is -1.26. The summed E-state index contributed by atoms with van der Waals surface area (Å²) < 4.78 is 5.49. The summed E-state index contributed by atoms with van der Waals surface area (Å²) in [6.45, 7) is 8.26. The highest BCUT2D eigenvalue weighted by atomic mass is 35.5. The van der Waals surface area contributed by atoms with Gasteiger partial charge in [0.1, 0.15) is 0 Å². The first-order chi connectivity index (χ1) is 11.2. The third-order valence-electron chi connectivity index (χ3n) is 4.25. The van der Waals surface area contributed by atoms with Crippen LogP contribution in [0.1, 0.15) is 38.7 Å². The van der Waals surface area contributed by atoms with Crippen molar-refractivity contribution in [1.82, 2.24) is 10.6 Å². The van der Waals surface area contributed by atoms with Gasteiger partial charge in [-0.25, -0.2) is 4.99 Å². The number of ether oxygens (including phenoxy) is 1. The van der Waals surface area contributed by atoms with E-state index in [1.807, 2.05) is 31.2 Å². The first-order valence-electron chi connectivity index (χ1n) is 8.52. The molecule has 0 aliphatic heterocycles. The topological polar surface area (TPSA) is 45.7 Å². The lowest BCUT2D eigenvalue weighted by Gasteiger charge is -2.18. The molecule has 128 valence electrons. The molecule has 0 heterocycles. The number of benzene rings is 1. The molecule has 0 aromatic heterocycles. The van der Waals surface area contributed by atoms with Gasteiger partial charge in [-0.05, 0) is 56.2 Å². The summed E-state index contributed by atoms with van der Waals surface area (Å²) in [6, 6.07) is 7.83. The molecule has 2 rings (SSSR count). The van der Waals surface area contributed by atoms with Gasteiger partial charge in [0.15, 0.2) is 5.96 Å². The summed E-state index contributed by atoms with van der Waals surface area (Å²) in [4.78, 5) is 4.66. The lowest BCUT2D eigenvalue weighted by atomic mass is 10.0. The molecule has 2 N–H and O–H groups in total. The third-order valence-corrected chi connectivity index (χ3v) is 4.50. The van der Waals surface area contributed by atoms with Crippen LogP contribution >= 0.6 is 11.6 Å². The van der Waals surface area contributed by atoms with Crippen LogP contribution in [0.15, 0.2) is 29.3 Å². The van der Waals surface area contributed by atoms with E-state index in [1.54, 1.807) is 0 Å². The van der Waals surface area contributed by atoms with Crippen molar-refractivity contribution in [3.05, 3.63) is 34.9 Å². The van der Waals surface area contributed by atoms with Gasteiger partial charge in [-0.15, -0.1) is 0 Å². The van der Waals surface area contributed by atoms with Crippen LogP contribution in [0, 0.1) is 5.41 Å². The zero-order chi connectivity index (χ0) is 16.5. The average Bonchev–Trinajstić information content (AvgIpc) is 3.32. The molecule has 0 unspecified atom stereocenters. The number of nitrogens with zero attached hydrogens (tertiary/aromatic N) is 1. The zero-order valence-corrected chi connectivity index (χ0v) is 15.0. The van der Waals surface area contributed by atoms with Crippen LogP contribution in [0.25, 0.3) is 0 Å². The second kappa shape index (κ2) is 9.14. The fraction of sp³-hybridized carbons (Fsp3) is 0.611. The molecule has 23 heavy (non-hydrogen) atoms. The number of rotatable bonds is 9. The van der Waals surface area contributed by atoms with Crippen molar-refractivity contribution in [3.63, 3.8) is 0 Å². The van der Waals surface area contributed by atoms with Gasteiger partial charge in [-0.1, -0.05) is 23.7 Å².